The highest BCUT2D eigenvalue weighted by atomic mass is 15.2. The van der Waals surface area contributed by atoms with Gasteiger partial charge in [-0.15, -0.1) is 0 Å². The molecular formula is C15H24N2. The van der Waals surface area contributed by atoms with E-state index in [1.807, 2.05) is 0 Å². The van der Waals surface area contributed by atoms with Crippen LogP contribution in [0.25, 0.3) is 0 Å². The molecule has 2 atom stereocenters. The minimum Gasteiger partial charge on any atom is -0.370 e. The molecule has 1 fully saturated rings. The van der Waals surface area contributed by atoms with Crippen LogP contribution < -0.4 is 10.6 Å². The molecule has 0 amide bonds. The smallest absolute Gasteiger partial charge is 0.0437 e. The Morgan fingerprint density at radius 2 is 1.82 bits per heavy atom. The van der Waals surface area contributed by atoms with Gasteiger partial charge in [-0.1, -0.05) is 26.0 Å². The fraction of sp³-hybridized carbons (Fsp3) is 0.600. The van der Waals surface area contributed by atoms with Gasteiger partial charge in [-0.2, -0.15) is 0 Å². The maximum Gasteiger partial charge on any atom is 0.0437 e. The van der Waals surface area contributed by atoms with E-state index in [2.05, 4.69) is 50.1 Å². The van der Waals surface area contributed by atoms with Crippen LogP contribution in [0.1, 0.15) is 44.6 Å². The second-order valence-electron chi connectivity index (χ2n) is 5.52. The summed E-state index contributed by atoms with van der Waals surface area (Å²) < 4.78 is 0. The molecule has 0 radical (unpaired) electrons. The number of nitrogens with two attached hydrogens (primary N) is 1. The summed E-state index contributed by atoms with van der Waals surface area (Å²) in [6.07, 6.45) is 3.66. The zero-order chi connectivity index (χ0) is 12.4. The van der Waals surface area contributed by atoms with E-state index in [1.165, 1.54) is 30.5 Å². The Morgan fingerprint density at radius 3 is 2.29 bits per heavy atom. The lowest BCUT2D eigenvalue weighted by atomic mass is 10.0. The predicted molar refractivity (Wildman–Crippen MR) is 74.5 cm³/mol. The van der Waals surface area contributed by atoms with Gasteiger partial charge in [0.2, 0.25) is 0 Å². The molecule has 1 aromatic carbocycles. The van der Waals surface area contributed by atoms with E-state index in [9.17, 15) is 0 Å². The molecule has 0 spiro atoms. The zero-order valence-electron chi connectivity index (χ0n) is 11.2. The molecule has 1 aliphatic carbocycles. The van der Waals surface area contributed by atoms with E-state index in [4.69, 9.17) is 5.73 Å². The van der Waals surface area contributed by atoms with Gasteiger partial charge in [-0.3, -0.25) is 0 Å². The third-order valence-electron chi connectivity index (χ3n) is 4.00. The molecule has 0 bridgehead atoms. The van der Waals surface area contributed by atoms with Crippen molar-refractivity contribution >= 4 is 5.69 Å². The van der Waals surface area contributed by atoms with Crippen LogP contribution in [0.15, 0.2) is 24.3 Å². The van der Waals surface area contributed by atoms with Gasteiger partial charge in [0.05, 0.1) is 0 Å². The van der Waals surface area contributed by atoms with E-state index in [1.54, 1.807) is 0 Å². The maximum absolute atomic E-state index is 6.15. The van der Waals surface area contributed by atoms with Gasteiger partial charge in [-0.05, 0) is 42.9 Å². The van der Waals surface area contributed by atoms with Crippen LogP contribution in [0.3, 0.4) is 0 Å². The average Bonchev–Trinajstić information content (AvgIpc) is 2.74. The zero-order valence-corrected chi connectivity index (χ0v) is 11.2. The molecule has 0 saturated heterocycles. The van der Waals surface area contributed by atoms with Crippen LogP contribution in [-0.4, -0.2) is 19.1 Å². The van der Waals surface area contributed by atoms with Crippen LogP contribution in [0.2, 0.25) is 0 Å². The number of nitrogens with zero attached hydrogens (tertiary/aromatic N) is 1. The second-order valence-corrected chi connectivity index (χ2v) is 5.52. The first kappa shape index (κ1) is 12.4. The minimum atomic E-state index is 0.338. The summed E-state index contributed by atoms with van der Waals surface area (Å²) in [5.74, 6) is 0.600. The summed E-state index contributed by atoms with van der Waals surface area (Å²) in [4.78, 5) is 2.35. The molecule has 2 unspecified atom stereocenters. The van der Waals surface area contributed by atoms with Crippen molar-refractivity contribution in [3.63, 3.8) is 0 Å². The Balaban J connectivity index is 2.11. The highest BCUT2D eigenvalue weighted by molar-refractivity contribution is 5.48. The predicted octanol–water partition coefficient (Wildman–Crippen LogP) is 3.13. The third-order valence-corrected chi connectivity index (χ3v) is 4.00. The van der Waals surface area contributed by atoms with Crippen LogP contribution in [0, 0.1) is 0 Å². The van der Waals surface area contributed by atoms with Gasteiger partial charge in [0.1, 0.15) is 0 Å². The Labute approximate surface area is 105 Å². The third kappa shape index (κ3) is 2.63. The lowest BCUT2D eigenvalue weighted by molar-refractivity contribution is 0.572. The van der Waals surface area contributed by atoms with E-state index >= 15 is 0 Å². The number of benzene rings is 1. The first-order valence-electron chi connectivity index (χ1n) is 6.68. The summed E-state index contributed by atoms with van der Waals surface area (Å²) in [6, 6.07) is 9.76. The molecule has 2 heteroatoms. The van der Waals surface area contributed by atoms with Crippen molar-refractivity contribution in [2.45, 2.75) is 51.1 Å². The van der Waals surface area contributed by atoms with Crippen LogP contribution in [0.4, 0.5) is 5.69 Å². The normalized spacial score (nSPS) is 24.3. The van der Waals surface area contributed by atoms with Crippen molar-refractivity contribution < 1.29 is 0 Å². The van der Waals surface area contributed by atoms with Crippen molar-refractivity contribution in [3.8, 4) is 0 Å². The van der Waals surface area contributed by atoms with Crippen molar-refractivity contribution in [2.75, 3.05) is 11.9 Å². The van der Waals surface area contributed by atoms with E-state index in [0.29, 0.717) is 18.0 Å². The van der Waals surface area contributed by atoms with Crippen molar-refractivity contribution in [1.82, 2.24) is 0 Å². The van der Waals surface area contributed by atoms with Gasteiger partial charge in [-0.25, -0.2) is 0 Å². The quantitative estimate of drug-likeness (QED) is 0.867. The number of hydrogen-bond donors (Lipinski definition) is 1. The van der Waals surface area contributed by atoms with Gasteiger partial charge in [0.25, 0.3) is 0 Å². The summed E-state index contributed by atoms with van der Waals surface area (Å²) in [5.41, 5.74) is 8.84. The monoisotopic (exact) mass is 232 g/mol. The first-order chi connectivity index (χ1) is 8.09. The molecule has 0 aliphatic heterocycles. The van der Waals surface area contributed by atoms with Crippen molar-refractivity contribution in [3.05, 3.63) is 29.8 Å². The summed E-state index contributed by atoms with van der Waals surface area (Å²) in [5, 5.41) is 0. The molecule has 1 saturated carbocycles. The van der Waals surface area contributed by atoms with Gasteiger partial charge in [0.15, 0.2) is 0 Å². The standard InChI is InChI=1S/C15H24N2/c1-11(2)12-7-9-13(10-8-12)17(3)15-6-4-5-14(15)16/h7-11,14-15H,4-6,16H2,1-3H3. The number of rotatable bonds is 3. The summed E-state index contributed by atoms with van der Waals surface area (Å²) in [7, 11) is 2.17. The molecule has 17 heavy (non-hydrogen) atoms. The van der Waals surface area contributed by atoms with E-state index < -0.39 is 0 Å². The van der Waals surface area contributed by atoms with Gasteiger partial charge < -0.3 is 10.6 Å². The highest BCUT2D eigenvalue weighted by Crippen LogP contribution is 2.27. The van der Waals surface area contributed by atoms with Gasteiger partial charge in [0, 0.05) is 24.8 Å². The van der Waals surface area contributed by atoms with E-state index in [0.717, 1.165) is 0 Å². The van der Waals surface area contributed by atoms with Crippen molar-refractivity contribution in [2.24, 2.45) is 5.73 Å². The fourth-order valence-corrected chi connectivity index (χ4v) is 2.74. The van der Waals surface area contributed by atoms with E-state index in [-0.39, 0.29) is 0 Å². The highest BCUT2D eigenvalue weighted by Gasteiger charge is 2.27. The SMILES string of the molecule is CC(C)c1ccc(N(C)C2CCCC2N)cc1. The van der Waals surface area contributed by atoms with Gasteiger partial charge >= 0.3 is 0 Å². The number of anilines is 1. The molecule has 0 aromatic heterocycles. The molecule has 2 rings (SSSR count). The molecular weight excluding hydrogens is 208 g/mol. The topological polar surface area (TPSA) is 29.3 Å². The minimum absolute atomic E-state index is 0.338. The second kappa shape index (κ2) is 5.09. The van der Waals surface area contributed by atoms with Crippen LogP contribution in [-0.2, 0) is 0 Å². The molecule has 94 valence electrons. The Bertz CT molecular complexity index is 356. The Morgan fingerprint density at radius 1 is 1.18 bits per heavy atom. The lowest BCUT2D eigenvalue weighted by Gasteiger charge is -2.30. The van der Waals surface area contributed by atoms with Crippen LogP contribution >= 0.6 is 0 Å². The number of likely N-dealkylation sites (N-methyl/N-ethyl adjacent to an activating group) is 1. The largest absolute Gasteiger partial charge is 0.370 e. The van der Waals surface area contributed by atoms with Crippen LogP contribution in [0.5, 0.6) is 0 Å². The number of hydrogen-bond acceptors (Lipinski definition) is 2. The Hall–Kier alpha value is -1.02. The first-order valence-corrected chi connectivity index (χ1v) is 6.68. The Kier molecular flexibility index (Phi) is 3.72. The molecule has 2 nitrogen and oxygen atoms in total. The lowest BCUT2D eigenvalue weighted by Crippen LogP contribution is -2.42. The molecule has 1 aromatic rings. The molecule has 2 N–H and O–H groups in total. The maximum atomic E-state index is 6.15. The molecule has 1 aliphatic rings. The fourth-order valence-electron chi connectivity index (χ4n) is 2.74. The average molecular weight is 232 g/mol. The molecule has 0 heterocycles. The summed E-state index contributed by atoms with van der Waals surface area (Å²) >= 11 is 0. The van der Waals surface area contributed by atoms with Crippen molar-refractivity contribution in [1.29, 1.82) is 0 Å². The summed E-state index contributed by atoms with van der Waals surface area (Å²) in [6.45, 7) is 4.46.